The van der Waals surface area contributed by atoms with E-state index in [4.69, 9.17) is 10.8 Å². The van der Waals surface area contributed by atoms with Gasteiger partial charge in [-0.1, -0.05) is 19.3 Å². The summed E-state index contributed by atoms with van der Waals surface area (Å²) in [5.41, 5.74) is 5.69. The summed E-state index contributed by atoms with van der Waals surface area (Å²) in [5.74, 6) is -0.900. The maximum Gasteiger partial charge on any atom is 0.321 e. The third kappa shape index (κ3) is 3.68. The van der Waals surface area contributed by atoms with Gasteiger partial charge in [0.2, 0.25) is 0 Å². The largest absolute Gasteiger partial charge is 0.480 e. The van der Waals surface area contributed by atoms with Gasteiger partial charge in [0, 0.05) is 10.00 Å². The van der Waals surface area contributed by atoms with Crippen molar-refractivity contribution >= 4 is 17.7 Å². The fraction of sp³-hybridized carbons (Fsp3) is 0.909. The van der Waals surface area contributed by atoms with Crippen LogP contribution in [0.3, 0.4) is 0 Å². The van der Waals surface area contributed by atoms with Crippen LogP contribution in [0.5, 0.6) is 0 Å². The minimum Gasteiger partial charge on any atom is -0.480 e. The first kappa shape index (κ1) is 12.8. The van der Waals surface area contributed by atoms with Gasteiger partial charge in [-0.25, -0.2) is 0 Å². The van der Waals surface area contributed by atoms with Gasteiger partial charge < -0.3 is 10.8 Å². The Morgan fingerprint density at radius 3 is 2.40 bits per heavy atom. The van der Waals surface area contributed by atoms with E-state index in [0.717, 1.165) is 0 Å². The second-order valence-electron chi connectivity index (χ2n) is 4.80. The molecule has 0 unspecified atom stereocenters. The van der Waals surface area contributed by atoms with Gasteiger partial charge in [0.05, 0.1) is 0 Å². The van der Waals surface area contributed by atoms with E-state index in [2.05, 4.69) is 0 Å². The Balaban J connectivity index is 2.50. The topological polar surface area (TPSA) is 63.3 Å². The molecule has 1 saturated carbocycles. The van der Waals surface area contributed by atoms with Crippen molar-refractivity contribution in [1.29, 1.82) is 0 Å². The van der Waals surface area contributed by atoms with Crippen LogP contribution in [0, 0.1) is 0 Å². The first-order chi connectivity index (χ1) is 6.93. The molecule has 0 radical (unpaired) electrons. The highest BCUT2D eigenvalue weighted by molar-refractivity contribution is 8.01. The van der Waals surface area contributed by atoms with Crippen molar-refractivity contribution in [3.63, 3.8) is 0 Å². The Hall–Kier alpha value is -0.220. The van der Waals surface area contributed by atoms with E-state index < -0.39 is 12.0 Å². The average Bonchev–Trinajstić information content (AvgIpc) is 2.17. The fourth-order valence-electron chi connectivity index (χ4n) is 1.98. The van der Waals surface area contributed by atoms with Crippen LogP contribution in [-0.2, 0) is 4.79 Å². The van der Waals surface area contributed by atoms with Gasteiger partial charge in [-0.05, 0) is 26.7 Å². The lowest BCUT2D eigenvalue weighted by Crippen LogP contribution is -2.47. The summed E-state index contributed by atoms with van der Waals surface area (Å²) in [5, 5.41) is 9.51. The molecule has 1 fully saturated rings. The normalized spacial score (nSPS) is 21.3. The average molecular weight is 231 g/mol. The van der Waals surface area contributed by atoms with Crippen molar-refractivity contribution in [2.75, 3.05) is 0 Å². The van der Waals surface area contributed by atoms with Gasteiger partial charge in [-0.2, -0.15) is 11.8 Å². The Bertz CT molecular complexity index is 225. The molecule has 0 aromatic rings. The van der Waals surface area contributed by atoms with Gasteiger partial charge >= 0.3 is 5.97 Å². The summed E-state index contributed by atoms with van der Waals surface area (Å²) in [7, 11) is 0. The highest BCUT2D eigenvalue weighted by atomic mass is 32.2. The van der Waals surface area contributed by atoms with Crippen LogP contribution < -0.4 is 5.73 Å². The van der Waals surface area contributed by atoms with Crippen LogP contribution in [-0.4, -0.2) is 27.1 Å². The molecule has 0 bridgehead atoms. The van der Waals surface area contributed by atoms with Gasteiger partial charge in [0.25, 0.3) is 0 Å². The zero-order valence-corrected chi connectivity index (χ0v) is 10.3. The lowest BCUT2D eigenvalue weighted by molar-refractivity contribution is -0.139. The Morgan fingerprint density at radius 1 is 1.40 bits per heavy atom. The number of nitrogens with two attached hydrogens (primary N) is 1. The molecule has 1 atom stereocenters. The Labute approximate surface area is 95.8 Å². The van der Waals surface area contributed by atoms with Crippen molar-refractivity contribution in [3.05, 3.63) is 0 Å². The first-order valence-corrected chi connectivity index (χ1v) is 6.47. The SMILES string of the molecule is CC(C)(SC1CCCCC1)[C@@H](N)C(=O)O. The van der Waals surface area contributed by atoms with Crippen LogP contribution in [0.2, 0.25) is 0 Å². The number of hydrogen-bond acceptors (Lipinski definition) is 3. The summed E-state index contributed by atoms with van der Waals surface area (Å²) < 4.78 is -0.367. The Morgan fingerprint density at radius 2 is 1.93 bits per heavy atom. The third-order valence-electron chi connectivity index (χ3n) is 3.04. The first-order valence-electron chi connectivity index (χ1n) is 5.59. The zero-order valence-electron chi connectivity index (χ0n) is 9.53. The third-order valence-corrected chi connectivity index (χ3v) is 4.70. The van der Waals surface area contributed by atoms with Crippen LogP contribution >= 0.6 is 11.8 Å². The maximum absolute atomic E-state index is 10.8. The van der Waals surface area contributed by atoms with Crippen molar-refractivity contribution < 1.29 is 9.90 Å². The summed E-state index contributed by atoms with van der Waals surface area (Å²) >= 11 is 1.75. The summed E-state index contributed by atoms with van der Waals surface area (Å²) in [6.07, 6.45) is 6.29. The van der Waals surface area contributed by atoms with Crippen LogP contribution in [0.1, 0.15) is 46.0 Å². The van der Waals surface area contributed by atoms with E-state index in [1.807, 2.05) is 13.8 Å². The summed E-state index contributed by atoms with van der Waals surface area (Å²) in [6.45, 7) is 3.87. The molecule has 0 saturated heterocycles. The molecule has 3 nitrogen and oxygen atoms in total. The van der Waals surface area contributed by atoms with Crippen molar-refractivity contribution in [1.82, 2.24) is 0 Å². The lowest BCUT2D eigenvalue weighted by Gasteiger charge is -2.33. The van der Waals surface area contributed by atoms with Gasteiger partial charge in [-0.3, -0.25) is 4.79 Å². The highest BCUT2D eigenvalue weighted by Gasteiger charge is 2.35. The molecule has 0 spiro atoms. The van der Waals surface area contributed by atoms with E-state index in [1.54, 1.807) is 11.8 Å². The predicted octanol–water partition coefficient (Wildman–Crippen LogP) is 2.24. The van der Waals surface area contributed by atoms with Gasteiger partial charge in [-0.15, -0.1) is 0 Å². The molecule has 4 heteroatoms. The molecular weight excluding hydrogens is 210 g/mol. The summed E-state index contributed by atoms with van der Waals surface area (Å²) in [4.78, 5) is 10.8. The van der Waals surface area contributed by atoms with Crippen LogP contribution in [0.4, 0.5) is 0 Å². The van der Waals surface area contributed by atoms with E-state index in [-0.39, 0.29) is 4.75 Å². The molecule has 1 rings (SSSR count). The number of thioether (sulfide) groups is 1. The van der Waals surface area contributed by atoms with E-state index in [0.29, 0.717) is 5.25 Å². The van der Waals surface area contributed by atoms with Gasteiger partial charge in [0.1, 0.15) is 6.04 Å². The second kappa shape index (κ2) is 5.21. The molecule has 0 aromatic heterocycles. The van der Waals surface area contributed by atoms with E-state index >= 15 is 0 Å². The molecule has 1 aliphatic carbocycles. The summed E-state index contributed by atoms with van der Waals surface area (Å²) in [6, 6.07) is -0.774. The van der Waals surface area contributed by atoms with Gasteiger partial charge in [0.15, 0.2) is 0 Å². The van der Waals surface area contributed by atoms with Crippen molar-refractivity contribution in [2.45, 2.75) is 62.0 Å². The van der Waals surface area contributed by atoms with E-state index in [9.17, 15) is 4.79 Å². The quantitative estimate of drug-likeness (QED) is 0.779. The molecule has 15 heavy (non-hydrogen) atoms. The minimum absolute atomic E-state index is 0.367. The number of rotatable bonds is 4. The smallest absolute Gasteiger partial charge is 0.321 e. The monoisotopic (exact) mass is 231 g/mol. The minimum atomic E-state index is -0.900. The van der Waals surface area contributed by atoms with Crippen LogP contribution in [0.25, 0.3) is 0 Å². The number of carboxylic acid groups (broad SMARTS) is 1. The number of carbonyl (C=O) groups is 1. The number of carboxylic acids is 1. The lowest BCUT2D eigenvalue weighted by atomic mass is 10.0. The zero-order chi connectivity index (χ0) is 11.5. The molecule has 0 amide bonds. The number of hydrogen-bond donors (Lipinski definition) is 2. The fourth-order valence-corrected chi connectivity index (χ4v) is 3.66. The predicted molar refractivity (Wildman–Crippen MR) is 64.2 cm³/mol. The molecule has 0 heterocycles. The highest BCUT2D eigenvalue weighted by Crippen LogP contribution is 2.38. The molecular formula is C11H21NO2S. The van der Waals surface area contributed by atoms with Crippen molar-refractivity contribution in [2.24, 2.45) is 5.73 Å². The molecule has 88 valence electrons. The van der Waals surface area contributed by atoms with E-state index in [1.165, 1.54) is 32.1 Å². The number of aliphatic carboxylic acids is 1. The van der Waals surface area contributed by atoms with Crippen LogP contribution in [0.15, 0.2) is 0 Å². The molecule has 3 N–H and O–H groups in total. The molecule has 1 aliphatic rings. The van der Waals surface area contributed by atoms with Crippen molar-refractivity contribution in [3.8, 4) is 0 Å². The maximum atomic E-state index is 10.8. The Kier molecular flexibility index (Phi) is 4.46. The molecule has 0 aromatic carbocycles. The molecule has 0 aliphatic heterocycles. The second-order valence-corrected chi connectivity index (χ2v) is 6.75. The standard InChI is InChI=1S/C11H21NO2S/c1-11(2,9(12)10(13)14)15-8-6-4-3-5-7-8/h8-9H,3-7,12H2,1-2H3,(H,13,14)/t9-/m0/s1.